The van der Waals surface area contributed by atoms with Gasteiger partial charge in [-0.1, -0.05) is 6.08 Å². The average Bonchev–Trinajstić information content (AvgIpc) is 2.53. The topological polar surface area (TPSA) is 62.5 Å². The summed E-state index contributed by atoms with van der Waals surface area (Å²) in [4.78, 5) is 10.3. The van der Waals surface area contributed by atoms with Crippen LogP contribution in [0, 0.1) is 6.92 Å². The predicted octanol–water partition coefficient (Wildman–Crippen LogP) is 1.49. The molecule has 0 fully saturated rings. The first-order chi connectivity index (χ1) is 6.63. The van der Waals surface area contributed by atoms with Gasteiger partial charge in [0.2, 0.25) is 0 Å². The molecule has 1 aromatic heterocycles. The fourth-order valence-electron chi connectivity index (χ4n) is 1.13. The van der Waals surface area contributed by atoms with Crippen LogP contribution in [0.25, 0.3) is 0 Å². The van der Waals surface area contributed by atoms with Crippen molar-refractivity contribution >= 4 is 5.97 Å². The van der Waals surface area contributed by atoms with Gasteiger partial charge in [-0.15, -0.1) is 0 Å². The highest BCUT2D eigenvalue weighted by Gasteiger charge is 2.09. The van der Waals surface area contributed by atoms with Crippen molar-refractivity contribution in [2.24, 2.45) is 0 Å². The number of carboxylic acids is 1. The van der Waals surface area contributed by atoms with Gasteiger partial charge >= 0.3 is 5.97 Å². The van der Waals surface area contributed by atoms with E-state index in [0.29, 0.717) is 5.76 Å². The molecule has 1 aromatic rings. The maximum Gasteiger partial charge on any atom is 0.328 e. The van der Waals surface area contributed by atoms with Crippen molar-refractivity contribution in [1.82, 2.24) is 5.32 Å². The third-order valence-electron chi connectivity index (χ3n) is 1.81. The molecule has 1 heterocycles. The van der Waals surface area contributed by atoms with Crippen LogP contribution in [0.5, 0.6) is 0 Å². The van der Waals surface area contributed by atoms with Crippen molar-refractivity contribution in [3.8, 4) is 0 Å². The van der Waals surface area contributed by atoms with E-state index in [1.807, 2.05) is 19.1 Å². The van der Waals surface area contributed by atoms with Gasteiger partial charge in [-0.05, 0) is 26.1 Å². The highest BCUT2D eigenvalue weighted by molar-refractivity contribution is 5.79. The Morgan fingerprint density at radius 3 is 2.79 bits per heavy atom. The molecule has 1 unspecified atom stereocenters. The molecule has 0 spiro atoms. The zero-order valence-corrected chi connectivity index (χ0v) is 8.15. The molecule has 2 N–H and O–H groups in total. The highest BCUT2D eigenvalue weighted by atomic mass is 16.4. The molecule has 0 amide bonds. The third-order valence-corrected chi connectivity index (χ3v) is 1.81. The van der Waals surface area contributed by atoms with Crippen LogP contribution in [-0.4, -0.2) is 18.1 Å². The second-order valence-corrected chi connectivity index (χ2v) is 2.91. The predicted molar refractivity (Wildman–Crippen MR) is 52.0 cm³/mol. The van der Waals surface area contributed by atoms with Crippen LogP contribution in [0.1, 0.15) is 17.6 Å². The lowest BCUT2D eigenvalue weighted by molar-refractivity contribution is -0.131. The summed E-state index contributed by atoms with van der Waals surface area (Å²) in [5.74, 6) is 0.556. The first-order valence-corrected chi connectivity index (χ1v) is 4.28. The summed E-state index contributed by atoms with van der Waals surface area (Å²) >= 11 is 0. The van der Waals surface area contributed by atoms with E-state index >= 15 is 0 Å². The lowest BCUT2D eigenvalue weighted by Gasteiger charge is -2.07. The number of hydrogen-bond acceptors (Lipinski definition) is 3. The molecule has 4 nitrogen and oxygen atoms in total. The fraction of sp³-hybridized carbons (Fsp3) is 0.300. The van der Waals surface area contributed by atoms with E-state index in [1.165, 1.54) is 0 Å². The van der Waals surface area contributed by atoms with Gasteiger partial charge in [0.05, 0.1) is 6.04 Å². The summed E-state index contributed by atoms with van der Waals surface area (Å²) in [6, 6.07) is 3.47. The molecular formula is C10H13NO3. The van der Waals surface area contributed by atoms with Crippen LogP contribution in [0.2, 0.25) is 0 Å². The monoisotopic (exact) mass is 195 g/mol. The SMILES string of the molecule is CNC(/C=C/C(=O)O)c1ccc(C)o1. The molecule has 76 valence electrons. The molecule has 14 heavy (non-hydrogen) atoms. The minimum atomic E-state index is -0.964. The normalized spacial score (nSPS) is 13.3. The molecule has 1 rings (SSSR count). The molecule has 0 aliphatic rings. The number of aliphatic carboxylic acids is 1. The Balaban J connectivity index is 2.77. The molecule has 0 bridgehead atoms. The summed E-state index contributed by atoms with van der Waals surface area (Å²) in [6.07, 6.45) is 2.64. The van der Waals surface area contributed by atoms with Gasteiger partial charge in [0.15, 0.2) is 0 Å². The highest BCUT2D eigenvalue weighted by Crippen LogP contribution is 2.16. The first kappa shape index (κ1) is 10.5. The Morgan fingerprint density at radius 2 is 2.36 bits per heavy atom. The van der Waals surface area contributed by atoms with Gasteiger partial charge in [0, 0.05) is 6.08 Å². The number of hydrogen-bond donors (Lipinski definition) is 2. The molecule has 0 saturated carbocycles. The molecule has 0 aromatic carbocycles. The Morgan fingerprint density at radius 1 is 1.64 bits per heavy atom. The van der Waals surface area contributed by atoms with E-state index in [9.17, 15) is 4.79 Å². The lowest BCUT2D eigenvalue weighted by Crippen LogP contribution is -2.13. The minimum Gasteiger partial charge on any atom is -0.478 e. The van der Waals surface area contributed by atoms with Crippen molar-refractivity contribution in [3.63, 3.8) is 0 Å². The number of aryl methyl sites for hydroxylation is 1. The van der Waals surface area contributed by atoms with Crippen LogP contribution >= 0.6 is 0 Å². The molecule has 1 atom stereocenters. The van der Waals surface area contributed by atoms with Crippen LogP contribution < -0.4 is 5.32 Å². The summed E-state index contributed by atoms with van der Waals surface area (Å²) in [6.45, 7) is 1.84. The summed E-state index contributed by atoms with van der Waals surface area (Å²) in [5.41, 5.74) is 0. The van der Waals surface area contributed by atoms with Crippen molar-refractivity contribution < 1.29 is 14.3 Å². The quantitative estimate of drug-likeness (QED) is 0.714. The Hall–Kier alpha value is -1.55. The van der Waals surface area contributed by atoms with Crippen LogP contribution in [0.4, 0.5) is 0 Å². The number of rotatable bonds is 4. The van der Waals surface area contributed by atoms with Crippen molar-refractivity contribution in [3.05, 3.63) is 35.8 Å². The van der Waals surface area contributed by atoms with E-state index in [2.05, 4.69) is 5.32 Å². The number of furan rings is 1. The molecular weight excluding hydrogens is 182 g/mol. The standard InChI is InChI=1S/C10H13NO3/c1-7-3-5-9(14-7)8(11-2)4-6-10(12)13/h3-6,8,11H,1-2H3,(H,12,13)/b6-4+. The summed E-state index contributed by atoms with van der Waals surface area (Å²) < 4.78 is 5.36. The van der Waals surface area contributed by atoms with Crippen LogP contribution in [0.3, 0.4) is 0 Å². The zero-order chi connectivity index (χ0) is 10.6. The minimum absolute atomic E-state index is 0.195. The lowest BCUT2D eigenvalue weighted by atomic mass is 10.2. The Kier molecular flexibility index (Phi) is 3.48. The smallest absolute Gasteiger partial charge is 0.328 e. The van der Waals surface area contributed by atoms with E-state index in [-0.39, 0.29) is 6.04 Å². The maximum atomic E-state index is 10.3. The van der Waals surface area contributed by atoms with Crippen molar-refractivity contribution in [2.45, 2.75) is 13.0 Å². The van der Waals surface area contributed by atoms with E-state index in [0.717, 1.165) is 11.8 Å². The first-order valence-electron chi connectivity index (χ1n) is 4.28. The van der Waals surface area contributed by atoms with E-state index in [1.54, 1.807) is 13.1 Å². The third kappa shape index (κ3) is 2.74. The number of carbonyl (C=O) groups is 1. The second-order valence-electron chi connectivity index (χ2n) is 2.91. The molecule has 0 radical (unpaired) electrons. The molecule has 0 aliphatic heterocycles. The summed E-state index contributed by atoms with van der Waals surface area (Å²) in [7, 11) is 1.74. The van der Waals surface area contributed by atoms with Gasteiger partial charge in [-0.25, -0.2) is 4.79 Å². The number of likely N-dealkylation sites (N-methyl/N-ethyl adjacent to an activating group) is 1. The van der Waals surface area contributed by atoms with Crippen molar-refractivity contribution in [2.75, 3.05) is 7.05 Å². The zero-order valence-electron chi connectivity index (χ0n) is 8.15. The van der Waals surface area contributed by atoms with Gasteiger partial charge < -0.3 is 14.8 Å². The van der Waals surface area contributed by atoms with Crippen LogP contribution in [0.15, 0.2) is 28.7 Å². The molecule has 0 aliphatic carbocycles. The van der Waals surface area contributed by atoms with Gasteiger partial charge in [0.25, 0.3) is 0 Å². The Bertz CT molecular complexity index is 341. The van der Waals surface area contributed by atoms with Gasteiger partial charge in [0.1, 0.15) is 11.5 Å². The molecule has 0 saturated heterocycles. The van der Waals surface area contributed by atoms with Crippen molar-refractivity contribution in [1.29, 1.82) is 0 Å². The molecule has 4 heteroatoms. The van der Waals surface area contributed by atoms with Gasteiger partial charge in [-0.3, -0.25) is 0 Å². The van der Waals surface area contributed by atoms with E-state index < -0.39 is 5.97 Å². The number of nitrogens with one attached hydrogen (secondary N) is 1. The van der Waals surface area contributed by atoms with Gasteiger partial charge in [-0.2, -0.15) is 0 Å². The summed E-state index contributed by atoms with van der Waals surface area (Å²) in [5, 5.41) is 11.4. The maximum absolute atomic E-state index is 10.3. The van der Waals surface area contributed by atoms with E-state index in [4.69, 9.17) is 9.52 Å². The second kappa shape index (κ2) is 4.62. The fourth-order valence-corrected chi connectivity index (χ4v) is 1.13. The Labute approximate surface area is 82.2 Å². The average molecular weight is 195 g/mol. The number of carboxylic acid groups (broad SMARTS) is 1. The van der Waals surface area contributed by atoms with Crippen LogP contribution in [-0.2, 0) is 4.79 Å². The largest absolute Gasteiger partial charge is 0.478 e.